The maximum Gasteiger partial charge on any atom is 0.0409 e. The zero-order valence-corrected chi connectivity index (χ0v) is 11.8. The molecular formula is C13H20ClNS. The van der Waals surface area contributed by atoms with Crippen molar-refractivity contribution in [2.75, 3.05) is 19.3 Å². The fraction of sp³-hybridized carbons (Fsp3) is 0.538. The molecule has 0 heterocycles. The topological polar surface area (TPSA) is 3.24 Å². The van der Waals surface area contributed by atoms with E-state index in [9.17, 15) is 0 Å². The summed E-state index contributed by atoms with van der Waals surface area (Å²) in [6.07, 6.45) is 0. The van der Waals surface area contributed by atoms with Crippen molar-refractivity contribution in [1.82, 2.24) is 4.90 Å². The van der Waals surface area contributed by atoms with E-state index < -0.39 is 0 Å². The zero-order valence-electron chi connectivity index (χ0n) is 10.2. The molecule has 0 aromatic heterocycles. The van der Waals surface area contributed by atoms with Crippen molar-refractivity contribution in [1.29, 1.82) is 0 Å². The van der Waals surface area contributed by atoms with E-state index in [-0.39, 0.29) is 0 Å². The molecule has 0 spiro atoms. The first-order valence-electron chi connectivity index (χ1n) is 5.61. The molecule has 1 aromatic carbocycles. The van der Waals surface area contributed by atoms with E-state index in [2.05, 4.69) is 44.5 Å². The molecule has 0 fully saturated rings. The fourth-order valence-corrected chi connectivity index (χ4v) is 2.04. The second-order valence-electron chi connectivity index (χ2n) is 4.46. The van der Waals surface area contributed by atoms with Crippen LogP contribution in [0.3, 0.4) is 0 Å². The lowest BCUT2D eigenvalue weighted by Crippen LogP contribution is -2.28. The fourth-order valence-electron chi connectivity index (χ4n) is 1.73. The van der Waals surface area contributed by atoms with E-state index in [1.807, 2.05) is 18.2 Å². The van der Waals surface area contributed by atoms with Crippen LogP contribution in [0.15, 0.2) is 24.3 Å². The Morgan fingerprint density at radius 3 is 2.62 bits per heavy atom. The van der Waals surface area contributed by atoms with Gasteiger partial charge in [0.25, 0.3) is 0 Å². The van der Waals surface area contributed by atoms with Gasteiger partial charge in [-0.05, 0) is 43.3 Å². The quantitative estimate of drug-likeness (QED) is 0.783. The Balaban J connectivity index is 2.66. The van der Waals surface area contributed by atoms with Crippen LogP contribution in [-0.4, -0.2) is 24.2 Å². The Bertz CT molecular complexity index is 329. The number of thiol groups is 1. The Morgan fingerprint density at radius 1 is 1.38 bits per heavy atom. The van der Waals surface area contributed by atoms with Gasteiger partial charge in [0, 0.05) is 17.6 Å². The van der Waals surface area contributed by atoms with Gasteiger partial charge in [-0.25, -0.2) is 0 Å². The molecule has 1 nitrogen and oxygen atoms in total. The zero-order chi connectivity index (χ0) is 12.1. The van der Waals surface area contributed by atoms with Gasteiger partial charge in [0.1, 0.15) is 0 Å². The summed E-state index contributed by atoms with van der Waals surface area (Å²) < 4.78 is 0. The van der Waals surface area contributed by atoms with Crippen molar-refractivity contribution in [3.63, 3.8) is 0 Å². The van der Waals surface area contributed by atoms with Gasteiger partial charge >= 0.3 is 0 Å². The lowest BCUT2D eigenvalue weighted by molar-refractivity contribution is 0.235. The average Bonchev–Trinajstić information content (AvgIpc) is 2.27. The summed E-state index contributed by atoms with van der Waals surface area (Å²) in [6, 6.07) is 8.46. The molecule has 1 aromatic rings. The predicted molar refractivity (Wildman–Crippen MR) is 75.5 cm³/mol. The number of hydrogen-bond donors (Lipinski definition) is 1. The van der Waals surface area contributed by atoms with Crippen molar-refractivity contribution in [3.05, 3.63) is 34.9 Å². The van der Waals surface area contributed by atoms with Gasteiger partial charge in [-0.1, -0.05) is 30.7 Å². The van der Waals surface area contributed by atoms with E-state index in [0.29, 0.717) is 12.0 Å². The molecule has 0 saturated heterocycles. The third-order valence-corrected chi connectivity index (χ3v) is 3.76. The molecule has 16 heavy (non-hydrogen) atoms. The summed E-state index contributed by atoms with van der Waals surface area (Å²) >= 11 is 10.3. The van der Waals surface area contributed by atoms with Crippen LogP contribution in [0.4, 0.5) is 0 Å². The lowest BCUT2D eigenvalue weighted by Gasteiger charge is -2.27. The highest BCUT2D eigenvalue weighted by molar-refractivity contribution is 7.80. The molecule has 90 valence electrons. The average molecular weight is 258 g/mol. The summed E-state index contributed by atoms with van der Waals surface area (Å²) in [7, 11) is 2.14. The Kier molecular flexibility index (Phi) is 5.67. The molecule has 1 rings (SSSR count). The van der Waals surface area contributed by atoms with Crippen molar-refractivity contribution < 1.29 is 0 Å². The van der Waals surface area contributed by atoms with Gasteiger partial charge in [0.05, 0.1) is 0 Å². The number of nitrogens with zero attached hydrogens (tertiary/aromatic N) is 1. The van der Waals surface area contributed by atoms with Gasteiger partial charge in [0.2, 0.25) is 0 Å². The largest absolute Gasteiger partial charge is 0.299 e. The maximum atomic E-state index is 6.00. The van der Waals surface area contributed by atoms with E-state index >= 15 is 0 Å². The van der Waals surface area contributed by atoms with E-state index in [4.69, 9.17) is 11.6 Å². The second-order valence-corrected chi connectivity index (χ2v) is 5.26. The molecule has 0 amide bonds. The predicted octanol–water partition coefficient (Wildman–Crippen LogP) is 3.90. The molecule has 0 radical (unpaired) electrons. The van der Waals surface area contributed by atoms with Crippen molar-refractivity contribution in [3.8, 4) is 0 Å². The van der Waals surface area contributed by atoms with Crippen LogP contribution in [0.25, 0.3) is 0 Å². The molecule has 0 N–H and O–H groups in total. The highest BCUT2D eigenvalue weighted by Gasteiger charge is 2.13. The van der Waals surface area contributed by atoms with Gasteiger partial charge in [0.15, 0.2) is 0 Å². The van der Waals surface area contributed by atoms with E-state index in [1.54, 1.807) is 0 Å². The minimum atomic E-state index is 0.390. The summed E-state index contributed by atoms with van der Waals surface area (Å²) in [6.45, 7) is 5.47. The van der Waals surface area contributed by atoms with Crippen LogP contribution in [0.5, 0.6) is 0 Å². The van der Waals surface area contributed by atoms with Crippen LogP contribution in [0, 0.1) is 5.92 Å². The Morgan fingerprint density at radius 2 is 2.06 bits per heavy atom. The SMILES string of the molecule is CC(CS)CN(C)C(C)c1cccc(Cl)c1. The monoisotopic (exact) mass is 257 g/mol. The van der Waals surface area contributed by atoms with Gasteiger partial charge in [-0.15, -0.1) is 0 Å². The summed E-state index contributed by atoms with van der Waals surface area (Å²) in [5.74, 6) is 1.53. The van der Waals surface area contributed by atoms with Crippen LogP contribution >= 0.6 is 24.2 Å². The first-order valence-corrected chi connectivity index (χ1v) is 6.62. The van der Waals surface area contributed by atoms with E-state index in [1.165, 1.54) is 5.56 Å². The van der Waals surface area contributed by atoms with Crippen molar-refractivity contribution >= 4 is 24.2 Å². The molecule has 0 bridgehead atoms. The highest BCUT2D eigenvalue weighted by atomic mass is 35.5. The first kappa shape index (κ1) is 13.9. The van der Waals surface area contributed by atoms with Crippen molar-refractivity contribution in [2.45, 2.75) is 19.9 Å². The minimum absolute atomic E-state index is 0.390. The number of rotatable bonds is 5. The summed E-state index contributed by atoms with van der Waals surface area (Å²) in [5.41, 5.74) is 1.27. The standard InChI is InChI=1S/C13H20ClNS/c1-10(9-16)8-15(3)11(2)12-5-4-6-13(14)7-12/h4-7,10-11,16H,8-9H2,1-3H3. The highest BCUT2D eigenvalue weighted by Crippen LogP contribution is 2.22. The molecule has 3 heteroatoms. The van der Waals surface area contributed by atoms with Gasteiger partial charge in [-0.2, -0.15) is 12.6 Å². The summed E-state index contributed by atoms with van der Waals surface area (Å²) in [5, 5.41) is 0.806. The smallest absolute Gasteiger partial charge is 0.0409 e. The maximum absolute atomic E-state index is 6.00. The second kappa shape index (κ2) is 6.53. The lowest BCUT2D eigenvalue weighted by atomic mass is 10.1. The summed E-state index contributed by atoms with van der Waals surface area (Å²) in [4.78, 5) is 2.34. The molecular weight excluding hydrogens is 238 g/mol. The number of halogens is 1. The van der Waals surface area contributed by atoms with Crippen LogP contribution in [-0.2, 0) is 0 Å². The first-order chi connectivity index (χ1) is 7.54. The van der Waals surface area contributed by atoms with Crippen molar-refractivity contribution in [2.24, 2.45) is 5.92 Å². The molecule has 2 unspecified atom stereocenters. The number of hydrogen-bond acceptors (Lipinski definition) is 2. The van der Waals surface area contributed by atoms with Gasteiger partial charge < -0.3 is 0 Å². The van der Waals surface area contributed by atoms with E-state index in [0.717, 1.165) is 17.3 Å². The molecule has 0 saturated carbocycles. The van der Waals surface area contributed by atoms with Gasteiger partial charge in [-0.3, -0.25) is 4.90 Å². The third-order valence-electron chi connectivity index (χ3n) is 2.90. The Labute approximate surface area is 109 Å². The molecule has 0 aliphatic heterocycles. The third kappa shape index (κ3) is 4.00. The van der Waals surface area contributed by atoms with Crippen LogP contribution in [0.2, 0.25) is 5.02 Å². The Hall–Kier alpha value is -0.180. The normalized spacial score (nSPS) is 15.1. The number of benzene rings is 1. The minimum Gasteiger partial charge on any atom is -0.299 e. The van der Waals surface area contributed by atoms with Crippen LogP contribution < -0.4 is 0 Å². The molecule has 0 aliphatic rings. The molecule has 2 atom stereocenters. The van der Waals surface area contributed by atoms with Crippen LogP contribution in [0.1, 0.15) is 25.5 Å². The molecule has 0 aliphatic carbocycles.